The Morgan fingerprint density at radius 2 is 1.75 bits per heavy atom. The van der Waals surface area contributed by atoms with E-state index in [2.05, 4.69) is 49.2 Å². The molecule has 0 amide bonds. The highest BCUT2D eigenvalue weighted by Gasteiger charge is 2.18. The van der Waals surface area contributed by atoms with Crippen molar-refractivity contribution in [1.29, 1.82) is 0 Å². The largest absolute Gasteiger partial charge is 0.495 e. The van der Waals surface area contributed by atoms with E-state index in [1.165, 1.54) is 11.1 Å². The number of nitrogens with two attached hydrogens (primary N) is 1. The number of hydrogen-bond acceptors (Lipinski definition) is 3. The zero-order chi connectivity index (χ0) is 14.5. The number of anilines is 1. The molecule has 0 aliphatic heterocycles. The number of aryl methyl sites for hydroxylation is 1. The molecule has 2 aromatic rings. The van der Waals surface area contributed by atoms with Crippen molar-refractivity contribution in [3.05, 3.63) is 59.7 Å². The summed E-state index contributed by atoms with van der Waals surface area (Å²) in [6.45, 7) is 2.64. The Bertz CT molecular complexity index is 551. The van der Waals surface area contributed by atoms with E-state index in [9.17, 15) is 0 Å². The zero-order valence-electron chi connectivity index (χ0n) is 12.3. The second kappa shape index (κ2) is 6.44. The first-order valence-electron chi connectivity index (χ1n) is 6.80. The maximum absolute atomic E-state index is 5.99. The molecule has 1 atom stereocenters. The van der Waals surface area contributed by atoms with Crippen molar-refractivity contribution in [2.24, 2.45) is 5.73 Å². The van der Waals surface area contributed by atoms with Gasteiger partial charge in [0.2, 0.25) is 0 Å². The van der Waals surface area contributed by atoms with E-state index < -0.39 is 0 Å². The summed E-state index contributed by atoms with van der Waals surface area (Å²) in [6.07, 6.45) is 0. The van der Waals surface area contributed by atoms with Gasteiger partial charge in [0.25, 0.3) is 0 Å². The normalized spacial score (nSPS) is 12.0. The quantitative estimate of drug-likeness (QED) is 0.907. The van der Waals surface area contributed by atoms with Gasteiger partial charge in [-0.1, -0.05) is 42.0 Å². The lowest BCUT2D eigenvalue weighted by Crippen LogP contribution is -2.30. The van der Waals surface area contributed by atoms with Crippen molar-refractivity contribution in [2.45, 2.75) is 13.0 Å². The third kappa shape index (κ3) is 2.94. The predicted molar refractivity (Wildman–Crippen MR) is 84.4 cm³/mol. The van der Waals surface area contributed by atoms with Crippen LogP contribution in [0, 0.1) is 6.92 Å². The number of benzene rings is 2. The van der Waals surface area contributed by atoms with E-state index in [0.717, 1.165) is 11.4 Å². The van der Waals surface area contributed by atoms with Crippen LogP contribution in [0.15, 0.2) is 48.5 Å². The summed E-state index contributed by atoms with van der Waals surface area (Å²) in [5, 5.41) is 0. The molecule has 0 aliphatic carbocycles. The Labute approximate surface area is 121 Å². The SMILES string of the molecule is COc1ccccc1N(C)C(CN)c1ccc(C)cc1. The van der Waals surface area contributed by atoms with Crippen molar-refractivity contribution in [3.63, 3.8) is 0 Å². The number of methoxy groups -OCH3 is 1. The molecule has 0 aliphatic rings. The van der Waals surface area contributed by atoms with Crippen molar-refractivity contribution in [3.8, 4) is 5.75 Å². The van der Waals surface area contributed by atoms with Crippen LogP contribution in [-0.2, 0) is 0 Å². The first-order chi connectivity index (χ1) is 9.67. The molecular formula is C17H22N2O. The summed E-state index contributed by atoms with van der Waals surface area (Å²) in [5.74, 6) is 0.862. The Hall–Kier alpha value is -2.00. The van der Waals surface area contributed by atoms with Crippen molar-refractivity contribution in [2.75, 3.05) is 25.6 Å². The standard InChI is InChI=1S/C17H22N2O/c1-13-8-10-14(11-9-13)16(12-18)19(2)15-6-4-5-7-17(15)20-3/h4-11,16H,12,18H2,1-3H3. The zero-order valence-corrected chi connectivity index (χ0v) is 12.3. The highest BCUT2D eigenvalue weighted by atomic mass is 16.5. The fourth-order valence-corrected chi connectivity index (χ4v) is 2.40. The third-order valence-electron chi connectivity index (χ3n) is 3.62. The van der Waals surface area contributed by atoms with Crippen LogP contribution in [0.5, 0.6) is 5.75 Å². The Morgan fingerprint density at radius 3 is 2.35 bits per heavy atom. The van der Waals surface area contributed by atoms with Gasteiger partial charge in [0.05, 0.1) is 18.8 Å². The van der Waals surface area contributed by atoms with Crippen molar-refractivity contribution < 1.29 is 4.74 Å². The molecule has 2 aromatic carbocycles. The van der Waals surface area contributed by atoms with Gasteiger partial charge in [-0.3, -0.25) is 0 Å². The number of rotatable bonds is 5. The van der Waals surface area contributed by atoms with Crippen LogP contribution in [-0.4, -0.2) is 20.7 Å². The van der Waals surface area contributed by atoms with E-state index in [1.54, 1.807) is 7.11 Å². The van der Waals surface area contributed by atoms with Crippen LogP contribution in [0.3, 0.4) is 0 Å². The first-order valence-corrected chi connectivity index (χ1v) is 6.80. The lowest BCUT2D eigenvalue weighted by Gasteiger charge is -2.30. The molecule has 0 spiro atoms. The summed E-state index contributed by atoms with van der Waals surface area (Å²) in [5.41, 5.74) is 9.51. The topological polar surface area (TPSA) is 38.5 Å². The van der Waals surface area contributed by atoms with E-state index in [1.807, 2.05) is 18.2 Å². The summed E-state index contributed by atoms with van der Waals surface area (Å²) < 4.78 is 5.43. The van der Waals surface area contributed by atoms with Crippen LogP contribution < -0.4 is 15.4 Å². The molecule has 0 aromatic heterocycles. The van der Waals surface area contributed by atoms with Crippen LogP contribution in [0.2, 0.25) is 0 Å². The van der Waals surface area contributed by atoms with Gasteiger partial charge < -0.3 is 15.4 Å². The molecule has 106 valence electrons. The van der Waals surface area contributed by atoms with E-state index >= 15 is 0 Å². The molecule has 2 rings (SSSR count). The fraction of sp³-hybridized carbons (Fsp3) is 0.294. The van der Waals surface area contributed by atoms with Crippen LogP contribution >= 0.6 is 0 Å². The number of para-hydroxylation sites is 2. The molecule has 3 heteroatoms. The maximum Gasteiger partial charge on any atom is 0.142 e. The average Bonchev–Trinajstić information content (AvgIpc) is 2.49. The molecule has 0 bridgehead atoms. The van der Waals surface area contributed by atoms with Gasteiger partial charge in [0.15, 0.2) is 0 Å². The lowest BCUT2D eigenvalue weighted by atomic mass is 10.0. The number of ether oxygens (including phenoxy) is 1. The maximum atomic E-state index is 5.99. The van der Waals surface area contributed by atoms with Gasteiger partial charge >= 0.3 is 0 Å². The Balaban J connectivity index is 2.33. The number of likely N-dealkylation sites (N-methyl/N-ethyl adjacent to an activating group) is 1. The minimum atomic E-state index is 0.131. The van der Waals surface area contributed by atoms with Gasteiger partial charge in [0, 0.05) is 13.6 Å². The van der Waals surface area contributed by atoms with E-state index in [-0.39, 0.29) is 6.04 Å². The summed E-state index contributed by atoms with van der Waals surface area (Å²) >= 11 is 0. The minimum absolute atomic E-state index is 0.131. The van der Waals surface area contributed by atoms with E-state index in [4.69, 9.17) is 10.5 Å². The highest BCUT2D eigenvalue weighted by Crippen LogP contribution is 2.32. The second-order valence-corrected chi connectivity index (χ2v) is 4.94. The summed E-state index contributed by atoms with van der Waals surface area (Å²) in [6, 6.07) is 16.6. The van der Waals surface area contributed by atoms with Crippen molar-refractivity contribution >= 4 is 5.69 Å². The van der Waals surface area contributed by atoms with Crippen LogP contribution in [0.1, 0.15) is 17.2 Å². The first kappa shape index (κ1) is 14.4. The molecule has 0 saturated carbocycles. The van der Waals surface area contributed by atoms with Crippen LogP contribution in [0.25, 0.3) is 0 Å². The molecule has 2 N–H and O–H groups in total. The Kier molecular flexibility index (Phi) is 4.64. The molecular weight excluding hydrogens is 248 g/mol. The van der Waals surface area contributed by atoms with Crippen molar-refractivity contribution in [1.82, 2.24) is 0 Å². The molecule has 3 nitrogen and oxygen atoms in total. The van der Waals surface area contributed by atoms with Gasteiger partial charge in [-0.25, -0.2) is 0 Å². The highest BCUT2D eigenvalue weighted by molar-refractivity contribution is 5.59. The Morgan fingerprint density at radius 1 is 1.10 bits per heavy atom. The number of hydrogen-bond donors (Lipinski definition) is 1. The predicted octanol–water partition coefficient (Wildman–Crippen LogP) is 3.14. The van der Waals surface area contributed by atoms with Crippen LogP contribution in [0.4, 0.5) is 5.69 Å². The fourth-order valence-electron chi connectivity index (χ4n) is 2.40. The molecule has 0 fully saturated rings. The monoisotopic (exact) mass is 270 g/mol. The second-order valence-electron chi connectivity index (χ2n) is 4.94. The molecule has 0 saturated heterocycles. The van der Waals surface area contributed by atoms with Gasteiger partial charge in [-0.2, -0.15) is 0 Å². The van der Waals surface area contributed by atoms with Gasteiger partial charge in [-0.05, 0) is 24.6 Å². The summed E-state index contributed by atoms with van der Waals surface area (Å²) in [7, 11) is 3.74. The van der Waals surface area contributed by atoms with Gasteiger partial charge in [-0.15, -0.1) is 0 Å². The molecule has 1 unspecified atom stereocenters. The molecule has 20 heavy (non-hydrogen) atoms. The van der Waals surface area contributed by atoms with Gasteiger partial charge in [0.1, 0.15) is 5.75 Å². The number of nitrogens with zero attached hydrogens (tertiary/aromatic N) is 1. The molecule has 0 radical (unpaired) electrons. The lowest BCUT2D eigenvalue weighted by molar-refractivity contribution is 0.413. The van der Waals surface area contributed by atoms with E-state index in [0.29, 0.717) is 6.54 Å². The third-order valence-corrected chi connectivity index (χ3v) is 3.62. The molecule has 0 heterocycles. The minimum Gasteiger partial charge on any atom is -0.495 e. The smallest absolute Gasteiger partial charge is 0.142 e. The average molecular weight is 270 g/mol. The summed E-state index contributed by atoms with van der Waals surface area (Å²) in [4.78, 5) is 2.17.